The molecule has 2 saturated carbocycles. The van der Waals surface area contributed by atoms with E-state index in [0.717, 1.165) is 25.7 Å². The normalized spacial score (nSPS) is 18.7. The molecule has 13 heteroatoms. The molecule has 2 aliphatic carbocycles. The minimum absolute atomic E-state index is 0.197. The predicted molar refractivity (Wildman–Crippen MR) is 213 cm³/mol. The van der Waals surface area contributed by atoms with Crippen molar-refractivity contribution in [2.24, 2.45) is 23.7 Å². The highest BCUT2D eigenvalue weighted by Crippen LogP contribution is 2.34. The summed E-state index contributed by atoms with van der Waals surface area (Å²) in [5.74, 6) is 1.58. The van der Waals surface area contributed by atoms with Crippen molar-refractivity contribution in [3.63, 3.8) is 0 Å². The minimum atomic E-state index is -0.535. The molecule has 0 saturated heterocycles. The van der Waals surface area contributed by atoms with E-state index < -0.39 is 11.9 Å². The third kappa shape index (κ3) is 13.2. The molecular formula is C45H51NO12. The van der Waals surface area contributed by atoms with E-state index in [2.05, 4.69) is 13.2 Å². The van der Waals surface area contributed by atoms with E-state index in [1.54, 1.807) is 68.4 Å². The van der Waals surface area contributed by atoms with Crippen LogP contribution in [0.3, 0.4) is 0 Å². The van der Waals surface area contributed by atoms with Crippen molar-refractivity contribution in [1.29, 1.82) is 5.41 Å². The fourth-order valence-electron chi connectivity index (χ4n) is 6.57. The van der Waals surface area contributed by atoms with Crippen LogP contribution in [0, 0.1) is 29.1 Å². The first kappa shape index (κ1) is 43.0. The highest BCUT2D eigenvalue weighted by atomic mass is 16.7. The Morgan fingerprint density at radius 3 is 1.38 bits per heavy atom. The summed E-state index contributed by atoms with van der Waals surface area (Å²) >= 11 is 0. The molecule has 0 unspecified atom stereocenters. The maximum Gasteiger partial charge on any atom is 0.335 e. The minimum Gasteiger partial charge on any atom is -0.493 e. The average molecular weight is 798 g/mol. The standard InChI is InChI=1S/C45H51NO12/c1-29(2)42(47)55-27-53-36-13-17-38(18-14-36)57-44(49)33-9-5-31(6-10-33)25-51-40-21-22-41(35(23-40)24-46)52-26-32-7-11-34(12-8-32)45(50)58-39-19-15-37(16-20-39)54-28-56-43(48)30(3)4/h13-24,31-34,46H,1,3,5-12,25-28H2,2,4H3. The van der Waals surface area contributed by atoms with Gasteiger partial charge in [0.15, 0.2) is 0 Å². The van der Waals surface area contributed by atoms with E-state index in [0.29, 0.717) is 79.0 Å². The Labute approximate surface area is 338 Å². The number of ether oxygens (including phenoxy) is 8. The summed E-state index contributed by atoms with van der Waals surface area (Å²) < 4.78 is 44.1. The molecule has 2 aliphatic rings. The second-order valence-corrected chi connectivity index (χ2v) is 14.6. The highest BCUT2D eigenvalue weighted by molar-refractivity contribution is 5.87. The molecule has 0 amide bonds. The van der Waals surface area contributed by atoms with Crippen molar-refractivity contribution < 1.29 is 57.1 Å². The molecule has 0 spiro atoms. The highest BCUT2D eigenvalue weighted by Gasteiger charge is 2.30. The van der Waals surface area contributed by atoms with E-state index >= 15 is 0 Å². The first-order valence-corrected chi connectivity index (χ1v) is 19.4. The zero-order valence-electron chi connectivity index (χ0n) is 33.0. The van der Waals surface area contributed by atoms with Gasteiger partial charge in [-0.1, -0.05) is 13.2 Å². The number of carbonyl (C=O) groups is 4. The first-order chi connectivity index (χ1) is 28.0. The summed E-state index contributed by atoms with van der Waals surface area (Å²) in [6.07, 6.45) is 7.33. The number of carbonyl (C=O) groups excluding carboxylic acids is 4. The van der Waals surface area contributed by atoms with E-state index in [1.165, 1.54) is 6.21 Å². The van der Waals surface area contributed by atoms with Crippen LogP contribution in [0.5, 0.6) is 34.5 Å². The maximum atomic E-state index is 12.9. The molecule has 0 heterocycles. The van der Waals surface area contributed by atoms with Gasteiger partial charge in [0.2, 0.25) is 13.6 Å². The third-order valence-electron chi connectivity index (χ3n) is 10.1. The summed E-state index contributed by atoms with van der Waals surface area (Å²) in [7, 11) is 0. The molecule has 0 bridgehead atoms. The number of benzene rings is 3. The van der Waals surface area contributed by atoms with Gasteiger partial charge >= 0.3 is 23.9 Å². The van der Waals surface area contributed by atoms with Crippen molar-refractivity contribution in [3.8, 4) is 34.5 Å². The lowest BCUT2D eigenvalue weighted by Crippen LogP contribution is -2.28. The van der Waals surface area contributed by atoms with Crippen molar-refractivity contribution in [2.75, 3.05) is 26.8 Å². The fraction of sp³-hybridized carbons (Fsp3) is 0.400. The van der Waals surface area contributed by atoms with Crippen molar-refractivity contribution >= 4 is 30.1 Å². The monoisotopic (exact) mass is 797 g/mol. The van der Waals surface area contributed by atoms with E-state index in [4.69, 9.17) is 43.3 Å². The Bertz CT molecular complexity index is 1910. The fourth-order valence-corrected chi connectivity index (χ4v) is 6.57. The summed E-state index contributed by atoms with van der Waals surface area (Å²) in [6.45, 7) is 10.6. The van der Waals surface area contributed by atoms with Gasteiger partial charge in [-0.3, -0.25) is 9.59 Å². The van der Waals surface area contributed by atoms with E-state index in [1.807, 2.05) is 12.1 Å². The summed E-state index contributed by atoms with van der Waals surface area (Å²) in [4.78, 5) is 48.6. The maximum absolute atomic E-state index is 12.9. The average Bonchev–Trinajstić information content (AvgIpc) is 3.23. The number of hydrogen-bond acceptors (Lipinski definition) is 13. The van der Waals surface area contributed by atoms with Crippen molar-refractivity contribution in [2.45, 2.75) is 65.2 Å². The summed E-state index contributed by atoms with van der Waals surface area (Å²) in [6, 6.07) is 18.6. The molecule has 308 valence electrons. The Balaban J connectivity index is 0.965. The molecule has 5 rings (SSSR count). The molecule has 0 atom stereocenters. The molecule has 13 nitrogen and oxygen atoms in total. The van der Waals surface area contributed by atoms with Crippen LogP contribution in [0.25, 0.3) is 0 Å². The molecule has 58 heavy (non-hydrogen) atoms. The summed E-state index contributed by atoms with van der Waals surface area (Å²) in [5, 5.41) is 7.97. The summed E-state index contributed by atoms with van der Waals surface area (Å²) in [5.41, 5.74) is 1.19. The van der Waals surface area contributed by atoms with Gasteiger partial charge in [0, 0.05) is 22.9 Å². The van der Waals surface area contributed by atoms with Gasteiger partial charge in [0.1, 0.15) is 34.5 Å². The largest absolute Gasteiger partial charge is 0.493 e. The Morgan fingerprint density at radius 2 is 0.966 bits per heavy atom. The van der Waals surface area contributed by atoms with Crippen LogP contribution in [0.4, 0.5) is 0 Å². The third-order valence-corrected chi connectivity index (χ3v) is 10.1. The zero-order valence-corrected chi connectivity index (χ0v) is 33.0. The van der Waals surface area contributed by atoms with Gasteiger partial charge in [-0.15, -0.1) is 0 Å². The lowest BCUT2D eigenvalue weighted by molar-refractivity contribution is -0.146. The Hall–Kier alpha value is -6.11. The lowest BCUT2D eigenvalue weighted by Gasteiger charge is -2.27. The molecule has 2 fully saturated rings. The Kier molecular flexibility index (Phi) is 15.9. The van der Waals surface area contributed by atoms with Crippen LogP contribution in [0.1, 0.15) is 70.8 Å². The molecule has 3 aromatic rings. The molecule has 0 radical (unpaired) electrons. The second kappa shape index (κ2) is 21.4. The smallest absolute Gasteiger partial charge is 0.335 e. The molecule has 3 aromatic carbocycles. The SMILES string of the molecule is C=C(C)C(=O)OCOc1ccc(OC(=O)C2CCC(COc3ccc(OCC4CCC(C(=O)Oc5ccc(OCOC(=O)C(=C)C)cc5)CC4)c(C=N)c3)CC2)cc1. The van der Waals surface area contributed by atoms with Gasteiger partial charge in [-0.05, 0) is 144 Å². The van der Waals surface area contributed by atoms with Crippen LogP contribution in [0.2, 0.25) is 0 Å². The van der Waals surface area contributed by atoms with Crippen molar-refractivity contribution in [1.82, 2.24) is 0 Å². The van der Waals surface area contributed by atoms with Crippen LogP contribution >= 0.6 is 0 Å². The van der Waals surface area contributed by atoms with Gasteiger partial charge in [-0.2, -0.15) is 0 Å². The molecule has 1 N–H and O–H groups in total. The number of rotatable bonds is 19. The van der Waals surface area contributed by atoms with Crippen LogP contribution in [-0.2, 0) is 28.7 Å². The van der Waals surface area contributed by atoms with Crippen molar-refractivity contribution in [3.05, 3.63) is 96.6 Å². The van der Waals surface area contributed by atoms with E-state index in [-0.39, 0.29) is 60.3 Å². The molecular weight excluding hydrogens is 746 g/mol. The number of nitrogens with one attached hydrogen (secondary N) is 1. The quantitative estimate of drug-likeness (QED) is 0.0407. The van der Waals surface area contributed by atoms with E-state index in [9.17, 15) is 19.2 Å². The number of esters is 4. The van der Waals surface area contributed by atoms with Crippen LogP contribution < -0.4 is 28.4 Å². The van der Waals surface area contributed by atoms with Gasteiger partial charge < -0.3 is 43.3 Å². The molecule has 0 aromatic heterocycles. The zero-order chi connectivity index (χ0) is 41.4. The molecule has 0 aliphatic heterocycles. The predicted octanol–water partition coefficient (Wildman–Crippen LogP) is 8.18. The van der Waals surface area contributed by atoms with Crippen LogP contribution in [0.15, 0.2) is 91.0 Å². The second-order valence-electron chi connectivity index (χ2n) is 14.6. The Morgan fingerprint density at radius 1 is 0.569 bits per heavy atom. The number of hydrogen-bond donors (Lipinski definition) is 1. The van der Waals surface area contributed by atoms with Gasteiger partial charge in [0.25, 0.3) is 0 Å². The lowest BCUT2D eigenvalue weighted by atomic mass is 9.82. The van der Waals surface area contributed by atoms with Crippen LogP contribution in [-0.4, -0.2) is 56.9 Å². The first-order valence-electron chi connectivity index (χ1n) is 19.4. The topological polar surface area (TPSA) is 166 Å². The van der Waals surface area contributed by atoms with Gasteiger partial charge in [-0.25, -0.2) is 9.59 Å². The van der Waals surface area contributed by atoms with Gasteiger partial charge in [0.05, 0.1) is 25.0 Å².